The number of halogens is 4. The number of aliphatic hydroxyl groups excluding tert-OH is 1. The third-order valence-electron chi connectivity index (χ3n) is 7.19. The quantitative estimate of drug-likeness (QED) is 0.168. The van der Waals surface area contributed by atoms with Gasteiger partial charge in [-0.2, -0.15) is 13.2 Å². The maximum Gasteiger partial charge on any atom is 0.405 e. The molecule has 228 valence electrons. The van der Waals surface area contributed by atoms with E-state index >= 15 is 0 Å². The zero-order valence-electron chi connectivity index (χ0n) is 23.6. The van der Waals surface area contributed by atoms with Gasteiger partial charge in [-0.3, -0.25) is 4.79 Å². The van der Waals surface area contributed by atoms with E-state index < -0.39 is 30.3 Å². The van der Waals surface area contributed by atoms with Crippen molar-refractivity contribution < 1.29 is 32.5 Å². The minimum absolute atomic E-state index is 0.00724. The van der Waals surface area contributed by atoms with Crippen LogP contribution in [0.3, 0.4) is 0 Å². The molecule has 10 heteroatoms. The summed E-state index contributed by atoms with van der Waals surface area (Å²) < 4.78 is 52.8. The number of hydrogen-bond acceptors (Lipinski definition) is 5. The topological polar surface area (TPSA) is 80.2 Å². The van der Waals surface area contributed by atoms with Crippen LogP contribution in [-0.2, 0) is 16.0 Å². The first-order valence-corrected chi connectivity index (χ1v) is 14.8. The van der Waals surface area contributed by atoms with Crippen LogP contribution in [0.5, 0.6) is 5.75 Å². The Kier molecular flexibility index (Phi) is 9.71. The molecule has 4 aromatic carbocycles. The molecule has 2 atom stereocenters. The average Bonchev–Trinajstić information content (AvgIpc) is 3.42. The SMILES string of the molecule is O=C(NCC(F)(F)F)[C@]1(Cc2ccc(Br)cc2)N=C(c2ccc(OCCCO)cc2)O[C@@H]1c1ccc(-c2ccccc2)cc1. The molecule has 0 spiro atoms. The Bertz CT molecular complexity index is 1580. The average molecular weight is 668 g/mol. The number of hydrogen-bond donors (Lipinski definition) is 2. The van der Waals surface area contributed by atoms with Gasteiger partial charge in [0.05, 0.1) is 6.61 Å². The lowest BCUT2D eigenvalue weighted by Gasteiger charge is -2.31. The van der Waals surface area contributed by atoms with Crippen molar-refractivity contribution in [3.8, 4) is 16.9 Å². The number of aliphatic hydroxyl groups is 1. The molecule has 6 nitrogen and oxygen atoms in total. The van der Waals surface area contributed by atoms with E-state index in [1.54, 1.807) is 48.5 Å². The highest BCUT2D eigenvalue weighted by Crippen LogP contribution is 2.43. The summed E-state index contributed by atoms with van der Waals surface area (Å²) in [6, 6.07) is 31.2. The Morgan fingerprint density at radius 1 is 0.909 bits per heavy atom. The van der Waals surface area contributed by atoms with Gasteiger partial charge in [-0.15, -0.1) is 0 Å². The fourth-order valence-electron chi connectivity index (χ4n) is 5.01. The van der Waals surface area contributed by atoms with Gasteiger partial charge in [0.1, 0.15) is 12.3 Å². The van der Waals surface area contributed by atoms with Crippen molar-refractivity contribution in [1.82, 2.24) is 5.32 Å². The molecule has 1 aliphatic rings. The van der Waals surface area contributed by atoms with Gasteiger partial charge in [0, 0.05) is 29.5 Å². The normalized spacial score (nSPS) is 17.9. The first kappa shape index (κ1) is 31.3. The summed E-state index contributed by atoms with van der Waals surface area (Å²) in [5.41, 5.74) is 2.00. The number of amides is 1. The van der Waals surface area contributed by atoms with Crippen LogP contribution >= 0.6 is 15.9 Å². The second-order valence-electron chi connectivity index (χ2n) is 10.4. The molecule has 0 radical (unpaired) electrons. The smallest absolute Gasteiger partial charge is 0.405 e. The Labute approximate surface area is 261 Å². The minimum atomic E-state index is -4.61. The molecule has 1 aliphatic heterocycles. The Morgan fingerprint density at radius 2 is 1.55 bits per heavy atom. The Balaban J connectivity index is 1.56. The number of carbonyl (C=O) groups excluding carboxylic acids is 1. The van der Waals surface area contributed by atoms with E-state index in [0.717, 1.165) is 15.6 Å². The summed E-state index contributed by atoms with van der Waals surface area (Å²) in [6.07, 6.45) is -5.17. The van der Waals surface area contributed by atoms with E-state index in [2.05, 4.69) is 21.2 Å². The minimum Gasteiger partial charge on any atom is -0.494 e. The van der Waals surface area contributed by atoms with Crippen LogP contribution in [0.2, 0.25) is 0 Å². The molecular weight excluding hydrogens is 637 g/mol. The van der Waals surface area contributed by atoms with Crippen molar-refractivity contribution in [3.05, 3.63) is 124 Å². The van der Waals surface area contributed by atoms with E-state index in [1.807, 2.05) is 54.6 Å². The number of benzene rings is 4. The van der Waals surface area contributed by atoms with Crippen LogP contribution in [0.25, 0.3) is 11.1 Å². The lowest BCUT2D eigenvalue weighted by Crippen LogP contribution is -2.51. The van der Waals surface area contributed by atoms with Gasteiger partial charge in [0.15, 0.2) is 11.6 Å². The molecular formula is C34H30BrF3N2O4. The lowest BCUT2D eigenvalue weighted by atomic mass is 9.81. The van der Waals surface area contributed by atoms with Crippen molar-refractivity contribution in [2.24, 2.45) is 4.99 Å². The maximum atomic E-state index is 13.9. The number of alkyl halides is 3. The summed E-state index contributed by atoms with van der Waals surface area (Å²) in [5.74, 6) is -0.199. The van der Waals surface area contributed by atoms with Crippen molar-refractivity contribution in [3.63, 3.8) is 0 Å². The molecule has 0 unspecified atom stereocenters. The summed E-state index contributed by atoms with van der Waals surface area (Å²) in [7, 11) is 0. The van der Waals surface area contributed by atoms with Crippen LogP contribution in [0.1, 0.15) is 29.2 Å². The molecule has 2 N–H and O–H groups in total. The van der Waals surface area contributed by atoms with Crippen LogP contribution in [0.4, 0.5) is 13.2 Å². The van der Waals surface area contributed by atoms with E-state index in [9.17, 15) is 18.0 Å². The summed E-state index contributed by atoms with van der Waals surface area (Å²) >= 11 is 3.41. The van der Waals surface area contributed by atoms with Crippen molar-refractivity contribution >= 4 is 27.7 Å². The zero-order valence-corrected chi connectivity index (χ0v) is 25.1. The fourth-order valence-corrected chi connectivity index (χ4v) is 5.27. The number of carbonyl (C=O) groups is 1. The fraction of sp³-hybridized carbons (Fsp3) is 0.235. The third-order valence-corrected chi connectivity index (χ3v) is 7.72. The molecule has 0 fully saturated rings. The standard InChI is InChI=1S/C34H30BrF3N2O4/c35-28-15-7-23(8-16-28)21-33(32(42)39-22-34(36,37)38)30(26-11-9-25(10-12-26)24-5-2-1-3-6-24)44-31(40-33)27-13-17-29(18-14-27)43-20-4-19-41/h1-3,5-18,30,41H,4,19-22H2,(H,39,42)/t30-,33-/m1/s1. The Hall–Kier alpha value is -4.15. The van der Waals surface area contributed by atoms with Gasteiger partial charge in [-0.1, -0.05) is 82.7 Å². The molecule has 0 saturated carbocycles. The predicted octanol–water partition coefficient (Wildman–Crippen LogP) is 7.06. The van der Waals surface area contributed by atoms with E-state index in [-0.39, 0.29) is 18.9 Å². The van der Waals surface area contributed by atoms with Crippen molar-refractivity contribution in [2.45, 2.75) is 30.7 Å². The monoisotopic (exact) mass is 666 g/mol. The number of aliphatic imine (C=N–C) groups is 1. The molecule has 0 aliphatic carbocycles. The van der Waals surface area contributed by atoms with Crippen LogP contribution < -0.4 is 10.1 Å². The number of nitrogens with one attached hydrogen (secondary N) is 1. The lowest BCUT2D eigenvalue weighted by molar-refractivity contribution is -0.143. The predicted molar refractivity (Wildman–Crippen MR) is 166 cm³/mol. The highest BCUT2D eigenvalue weighted by molar-refractivity contribution is 9.10. The molecule has 1 heterocycles. The molecule has 1 amide bonds. The largest absolute Gasteiger partial charge is 0.494 e. The van der Waals surface area contributed by atoms with Gasteiger partial charge < -0.3 is 19.9 Å². The van der Waals surface area contributed by atoms with Crippen molar-refractivity contribution in [2.75, 3.05) is 19.8 Å². The molecule has 0 bridgehead atoms. The molecule has 44 heavy (non-hydrogen) atoms. The second kappa shape index (κ2) is 13.7. The van der Waals surface area contributed by atoms with Crippen LogP contribution in [-0.4, -0.2) is 48.4 Å². The number of nitrogens with zero attached hydrogens (tertiary/aromatic N) is 1. The summed E-state index contributed by atoms with van der Waals surface area (Å²) in [5, 5.41) is 11.1. The molecule has 0 saturated heterocycles. The first-order valence-electron chi connectivity index (χ1n) is 14.0. The second-order valence-corrected chi connectivity index (χ2v) is 11.3. The summed E-state index contributed by atoms with van der Waals surface area (Å²) in [6.45, 7) is -1.16. The van der Waals surface area contributed by atoms with Crippen molar-refractivity contribution in [1.29, 1.82) is 0 Å². The third kappa shape index (κ3) is 7.49. The van der Waals surface area contributed by atoms with Gasteiger partial charge >= 0.3 is 6.18 Å². The highest BCUT2D eigenvalue weighted by Gasteiger charge is 2.53. The van der Waals surface area contributed by atoms with Gasteiger partial charge in [-0.25, -0.2) is 4.99 Å². The highest BCUT2D eigenvalue weighted by atomic mass is 79.9. The molecule has 0 aromatic heterocycles. The maximum absolute atomic E-state index is 13.9. The first-order chi connectivity index (χ1) is 21.2. The van der Waals surface area contributed by atoms with Gasteiger partial charge in [0.2, 0.25) is 5.90 Å². The van der Waals surface area contributed by atoms with E-state index in [1.165, 1.54) is 0 Å². The van der Waals surface area contributed by atoms with Gasteiger partial charge in [-0.05, 0) is 58.7 Å². The van der Waals surface area contributed by atoms with Gasteiger partial charge in [0.25, 0.3) is 5.91 Å². The number of rotatable bonds is 11. The van der Waals surface area contributed by atoms with E-state index in [0.29, 0.717) is 35.5 Å². The number of ether oxygens (including phenoxy) is 2. The zero-order chi connectivity index (χ0) is 31.2. The van der Waals surface area contributed by atoms with Crippen LogP contribution in [0, 0.1) is 0 Å². The molecule has 4 aromatic rings. The van der Waals surface area contributed by atoms with Crippen LogP contribution in [0.15, 0.2) is 113 Å². The summed E-state index contributed by atoms with van der Waals surface area (Å²) in [4.78, 5) is 18.7. The molecule has 5 rings (SSSR count). The Morgan fingerprint density at radius 3 is 2.18 bits per heavy atom. The van der Waals surface area contributed by atoms with E-state index in [4.69, 9.17) is 19.6 Å².